The van der Waals surface area contributed by atoms with Crippen LogP contribution < -0.4 is 15.0 Å². The fourth-order valence-corrected chi connectivity index (χ4v) is 8.89. The van der Waals surface area contributed by atoms with Crippen molar-refractivity contribution in [1.82, 2.24) is 20.0 Å². The van der Waals surface area contributed by atoms with Gasteiger partial charge in [-0.15, -0.1) is 0 Å². The number of fused-ring (bicyclic) bond motifs is 2. The number of anilines is 1. The molecular formula is C42H37ClN6O6. The van der Waals surface area contributed by atoms with Crippen LogP contribution in [0.3, 0.4) is 0 Å². The molecule has 3 aromatic rings. The van der Waals surface area contributed by atoms with E-state index in [1.54, 1.807) is 30.3 Å². The number of imide groups is 2. The molecule has 1 saturated carbocycles. The number of hydrogen-bond donors (Lipinski definition) is 1. The maximum Gasteiger partial charge on any atom is 0.262 e. The van der Waals surface area contributed by atoms with Crippen LogP contribution in [0.2, 0.25) is 5.02 Å². The van der Waals surface area contributed by atoms with Crippen molar-refractivity contribution in [2.24, 2.45) is 5.92 Å². The summed E-state index contributed by atoms with van der Waals surface area (Å²) in [6.07, 6.45) is 3.66. The van der Waals surface area contributed by atoms with E-state index in [0.29, 0.717) is 34.6 Å². The molecule has 0 radical (unpaired) electrons. The molecule has 55 heavy (non-hydrogen) atoms. The van der Waals surface area contributed by atoms with Gasteiger partial charge in [0.15, 0.2) is 0 Å². The van der Waals surface area contributed by atoms with E-state index in [0.717, 1.165) is 79.1 Å². The van der Waals surface area contributed by atoms with Crippen molar-refractivity contribution in [3.63, 3.8) is 0 Å². The number of rotatable bonds is 6. The third kappa shape index (κ3) is 6.39. The first-order valence-corrected chi connectivity index (χ1v) is 19.1. The predicted molar refractivity (Wildman–Crippen MR) is 202 cm³/mol. The lowest BCUT2D eigenvalue weighted by atomic mass is 9.92. The van der Waals surface area contributed by atoms with Crippen LogP contribution in [0.15, 0.2) is 54.6 Å². The van der Waals surface area contributed by atoms with Crippen LogP contribution in [-0.2, 0) is 16.1 Å². The van der Waals surface area contributed by atoms with Crippen molar-refractivity contribution < 1.29 is 28.7 Å². The summed E-state index contributed by atoms with van der Waals surface area (Å²) in [5.41, 5.74) is 4.55. The Morgan fingerprint density at radius 2 is 1.56 bits per heavy atom. The first kappa shape index (κ1) is 35.0. The van der Waals surface area contributed by atoms with Crippen LogP contribution in [0.5, 0.6) is 5.75 Å². The van der Waals surface area contributed by atoms with E-state index in [-0.39, 0.29) is 42.4 Å². The summed E-state index contributed by atoms with van der Waals surface area (Å²) in [5.74, 6) is 5.79. The summed E-state index contributed by atoms with van der Waals surface area (Å²) >= 11 is 6.18. The van der Waals surface area contributed by atoms with Crippen LogP contribution in [0.4, 0.5) is 11.4 Å². The first-order valence-electron chi connectivity index (χ1n) is 18.8. The van der Waals surface area contributed by atoms with Gasteiger partial charge in [0.1, 0.15) is 11.8 Å². The largest absolute Gasteiger partial charge is 0.490 e. The molecule has 0 aromatic heterocycles. The maximum absolute atomic E-state index is 13.4. The van der Waals surface area contributed by atoms with E-state index in [2.05, 4.69) is 37.9 Å². The Labute approximate surface area is 323 Å². The lowest BCUT2D eigenvalue weighted by Crippen LogP contribution is -2.65. The van der Waals surface area contributed by atoms with Crippen LogP contribution in [0, 0.1) is 24.3 Å². The number of carbonyl (C=O) groups excluding carboxylic acids is 5. The Balaban J connectivity index is 0.742. The van der Waals surface area contributed by atoms with Gasteiger partial charge in [0, 0.05) is 74.0 Å². The highest BCUT2D eigenvalue weighted by Crippen LogP contribution is 2.36. The normalized spacial score (nSPS) is 24.0. The average molecular weight is 757 g/mol. The van der Waals surface area contributed by atoms with Crippen molar-refractivity contribution >= 4 is 52.5 Å². The minimum atomic E-state index is -0.978. The van der Waals surface area contributed by atoms with Crippen LogP contribution >= 0.6 is 11.6 Å². The van der Waals surface area contributed by atoms with Crippen LogP contribution in [0.1, 0.15) is 80.7 Å². The quantitative estimate of drug-likeness (QED) is 0.216. The number of amides is 5. The Kier molecular flexibility index (Phi) is 8.83. The van der Waals surface area contributed by atoms with Gasteiger partial charge in [-0.3, -0.25) is 39.1 Å². The molecule has 1 aliphatic carbocycles. The second-order valence-electron chi connectivity index (χ2n) is 15.2. The third-order valence-corrected chi connectivity index (χ3v) is 12.2. The number of benzene rings is 3. The molecule has 13 heteroatoms. The van der Waals surface area contributed by atoms with E-state index < -0.39 is 29.7 Å². The van der Waals surface area contributed by atoms with Gasteiger partial charge >= 0.3 is 0 Å². The van der Waals surface area contributed by atoms with Crippen LogP contribution in [-0.4, -0.2) is 94.6 Å². The van der Waals surface area contributed by atoms with E-state index >= 15 is 0 Å². The third-order valence-electron chi connectivity index (χ3n) is 11.9. The zero-order valence-electron chi connectivity index (χ0n) is 29.9. The second kappa shape index (κ2) is 13.9. The summed E-state index contributed by atoms with van der Waals surface area (Å²) in [6.45, 7) is 11.1. The summed E-state index contributed by atoms with van der Waals surface area (Å²) in [4.78, 5) is 74.6. The smallest absolute Gasteiger partial charge is 0.262 e. The number of nitrogens with one attached hydrogen (secondary N) is 1. The van der Waals surface area contributed by atoms with Crippen LogP contribution in [0.25, 0.3) is 4.85 Å². The topological polar surface area (TPSA) is 124 Å². The molecule has 0 bridgehead atoms. The van der Waals surface area contributed by atoms with Gasteiger partial charge in [-0.05, 0) is 86.2 Å². The number of nitrogens with zero attached hydrogens (tertiary/aromatic N) is 5. The Hall–Kier alpha value is -5.69. The molecule has 3 aromatic carbocycles. The minimum absolute atomic E-state index is 0.0464. The van der Waals surface area contributed by atoms with Gasteiger partial charge in [0.2, 0.25) is 17.5 Å². The molecule has 278 valence electrons. The fourth-order valence-electron chi connectivity index (χ4n) is 8.67. The van der Waals surface area contributed by atoms with Gasteiger partial charge < -0.3 is 14.5 Å². The molecule has 0 spiro atoms. The first-order chi connectivity index (χ1) is 26.6. The van der Waals surface area contributed by atoms with Gasteiger partial charge in [-0.25, -0.2) is 4.85 Å². The van der Waals surface area contributed by atoms with E-state index in [1.807, 2.05) is 23.1 Å². The Morgan fingerprint density at radius 1 is 0.800 bits per heavy atom. The standard InChI is InChI=1S/C42H37ClN6O6/c1-44-36-13-10-31(18-35(36)43)55-30-8-5-27(6-9-30)48-21-26-16-24(4-11-32(26)40(48)52)2-3-25-19-46(20-25)29-22-47(23-29)28-7-12-33-34(17-28)42(54)49(41(33)53)37-14-15-38(50)45-39(37)51/h4,7,10-13,16-18,25,27,29-30,37H,5-6,8-9,14-15,19-23H2,(H,45,50,51). The van der Waals surface area contributed by atoms with E-state index in [1.165, 1.54) is 0 Å². The van der Waals surface area contributed by atoms with Gasteiger partial charge in [-0.1, -0.05) is 29.5 Å². The molecule has 4 fully saturated rings. The molecule has 1 N–H and O–H groups in total. The summed E-state index contributed by atoms with van der Waals surface area (Å²) in [6, 6.07) is 15.9. The molecule has 1 unspecified atom stereocenters. The summed E-state index contributed by atoms with van der Waals surface area (Å²) in [7, 11) is 0. The van der Waals surface area contributed by atoms with Crippen molar-refractivity contribution in [1.29, 1.82) is 0 Å². The average Bonchev–Trinajstić information content (AvgIpc) is 3.60. The molecule has 9 rings (SSSR count). The zero-order valence-corrected chi connectivity index (χ0v) is 30.7. The second-order valence-corrected chi connectivity index (χ2v) is 15.6. The van der Waals surface area contributed by atoms with Crippen molar-refractivity contribution in [3.8, 4) is 17.6 Å². The summed E-state index contributed by atoms with van der Waals surface area (Å²) < 4.78 is 6.16. The molecule has 5 amide bonds. The summed E-state index contributed by atoms with van der Waals surface area (Å²) in [5, 5.41) is 2.62. The van der Waals surface area contributed by atoms with Gasteiger partial charge in [0.25, 0.3) is 17.7 Å². The highest BCUT2D eigenvalue weighted by atomic mass is 35.5. The molecule has 5 heterocycles. The van der Waals surface area contributed by atoms with Gasteiger partial charge in [-0.2, -0.15) is 0 Å². The molecule has 6 aliphatic rings. The number of ether oxygens (including phenoxy) is 1. The monoisotopic (exact) mass is 756 g/mol. The number of halogens is 1. The minimum Gasteiger partial charge on any atom is -0.490 e. The Morgan fingerprint density at radius 3 is 2.31 bits per heavy atom. The molecule has 5 aliphatic heterocycles. The Bertz CT molecular complexity index is 2270. The number of likely N-dealkylation sites (tertiary alicyclic amines) is 1. The zero-order chi connectivity index (χ0) is 38.0. The number of hydrogen-bond acceptors (Lipinski definition) is 8. The lowest BCUT2D eigenvalue weighted by molar-refractivity contribution is -0.136. The van der Waals surface area contributed by atoms with Gasteiger partial charge in [0.05, 0.1) is 28.8 Å². The highest BCUT2D eigenvalue weighted by molar-refractivity contribution is 6.33. The molecule has 12 nitrogen and oxygen atoms in total. The molecule has 3 saturated heterocycles. The highest BCUT2D eigenvalue weighted by Gasteiger charge is 2.45. The van der Waals surface area contributed by atoms with Crippen molar-refractivity contribution in [2.45, 2.75) is 69.3 Å². The SMILES string of the molecule is [C-]#[N+]c1ccc(OC2CCC(N3Cc4cc(C#CC5CN(C6CN(c7ccc8c(c7)C(=O)N(C7CCC(=O)NC7=O)C8=O)C6)C5)ccc4C3=O)CC2)cc1Cl. The predicted octanol–water partition coefficient (Wildman–Crippen LogP) is 4.81. The molecule has 1 atom stereocenters. The molecular weight excluding hydrogens is 720 g/mol. The van der Waals surface area contributed by atoms with Crippen molar-refractivity contribution in [3.05, 3.63) is 98.9 Å². The number of carbonyl (C=O) groups is 5. The van der Waals surface area contributed by atoms with E-state index in [9.17, 15) is 24.0 Å². The maximum atomic E-state index is 13.4. The number of piperidine rings is 1. The fraction of sp³-hybridized carbons (Fsp3) is 0.381. The van der Waals surface area contributed by atoms with E-state index in [4.69, 9.17) is 22.9 Å². The van der Waals surface area contributed by atoms with Crippen molar-refractivity contribution in [2.75, 3.05) is 31.1 Å². The lowest BCUT2D eigenvalue weighted by Gasteiger charge is -2.51.